The lowest BCUT2D eigenvalue weighted by Gasteiger charge is -2.11. The second kappa shape index (κ2) is 6.95. The van der Waals surface area contributed by atoms with E-state index >= 15 is 0 Å². The van der Waals surface area contributed by atoms with E-state index in [0.717, 1.165) is 6.20 Å². The van der Waals surface area contributed by atoms with Crippen molar-refractivity contribution in [3.8, 4) is 12.1 Å². The molecular weight excluding hydrogens is 259 g/mol. The fourth-order valence-corrected chi connectivity index (χ4v) is 1.40. The Balaban J connectivity index is 3.20. The SMILES string of the molecule is COC(=N)c1ccc(B(O)O)c(NC=C(C#N)C#N)c1. The molecule has 8 heteroatoms. The molecule has 1 aromatic carbocycles. The smallest absolute Gasteiger partial charge is 0.481 e. The average molecular weight is 270 g/mol. The maximum Gasteiger partial charge on any atom is 0.490 e. The monoisotopic (exact) mass is 270 g/mol. The second-order valence-corrected chi connectivity index (χ2v) is 3.63. The minimum atomic E-state index is -1.73. The van der Waals surface area contributed by atoms with Gasteiger partial charge < -0.3 is 20.1 Å². The maximum atomic E-state index is 9.25. The fraction of sp³-hybridized carbons (Fsp3) is 0.0833. The Morgan fingerprint density at radius 2 is 2.05 bits per heavy atom. The van der Waals surface area contributed by atoms with E-state index in [4.69, 9.17) is 20.7 Å². The number of ether oxygens (including phenoxy) is 1. The van der Waals surface area contributed by atoms with E-state index in [9.17, 15) is 10.0 Å². The summed E-state index contributed by atoms with van der Waals surface area (Å²) >= 11 is 0. The Morgan fingerprint density at radius 3 is 2.55 bits per heavy atom. The van der Waals surface area contributed by atoms with Crippen LogP contribution in [-0.4, -0.2) is 30.2 Å². The minimum absolute atomic E-state index is 0.100. The van der Waals surface area contributed by atoms with Crippen molar-refractivity contribution < 1.29 is 14.8 Å². The number of anilines is 1. The van der Waals surface area contributed by atoms with Crippen LogP contribution in [0.1, 0.15) is 5.56 Å². The van der Waals surface area contributed by atoms with Gasteiger partial charge in [0.05, 0.1) is 7.11 Å². The number of nitrogens with one attached hydrogen (secondary N) is 2. The van der Waals surface area contributed by atoms with Crippen molar-refractivity contribution >= 4 is 24.2 Å². The summed E-state index contributed by atoms with van der Waals surface area (Å²) in [4.78, 5) is 0. The highest BCUT2D eigenvalue weighted by molar-refractivity contribution is 6.60. The van der Waals surface area contributed by atoms with E-state index in [1.54, 1.807) is 12.1 Å². The van der Waals surface area contributed by atoms with Gasteiger partial charge in [0.25, 0.3) is 0 Å². The number of rotatable bonds is 4. The molecule has 0 aliphatic carbocycles. The molecule has 0 amide bonds. The van der Waals surface area contributed by atoms with Gasteiger partial charge in [0, 0.05) is 22.9 Å². The Kier molecular flexibility index (Phi) is 5.30. The van der Waals surface area contributed by atoms with E-state index in [1.165, 1.54) is 25.3 Å². The van der Waals surface area contributed by atoms with E-state index in [1.807, 2.05) is 0 Å². The summed E-state index contributed by atoms with van der Waals surface area (Å²) in [6, 6.07) is 7.67. The second-order valence-electron chi connectivity index (χ2n) is 3.63. The molecule has 20 heavy (non-hydrogen) atoms. The number of allylic oxidation sites excluding steroid dienone is 1. The van der Waals surface area contributed by atoms with Crippen LogP contribution in [0.5, 0.6) is 0 Å². The van der Waals surface area contributed by atoms with E-state index < -0.39 is 7.12 Å². The van der Waals surface area contributed by atoms with Crippen LogP contribution in [0.15, 0.2) is 30.0 Å². The van der Waals surface area contributed by atoms with Crippen molar-refractivity contribution in [3.63, 3.8) is 0 Å². The largest absolute Gasteiger partial charge is 0.490 e. The number of nitriles is 2. The van der Waals surface area contributed by atoms with E-state index in [-0.39, 0.29) is 22.6 Å². The van der Waals surface area contributed by atoms with Gasteiger partial charge >= 0.3 is 7.12 Å². The molecule has 0 bridgehead atoms. The number of methoxy groups -OCH3 is 1. The summed E-state index contributed by atoms with van der Waals surface area (Å²) in [7, 11) is -0.391. The quantitative estimate of drug-likeness (QED) is 0.256. The lowest BCUT2D eigenvalue weighted by atomic mass is 9.78. The Hall–Kier alpha value is -2.81. The first-order chi connectivity index (χ1) is 9.53. The molecule has 0 saturated carbocycles. The van der Waals surface area contributed by atoms with Gasteiger partial charge in [-0.05, 0) is 12.1 Å². The molecule has 0 spiro atoms. The van der Waals surface area contributed by atoms with E-state index in [2.05, 4.69) is 5.32 Å². The first-order valence-electron chi connectivity index (χ1n) is 5.43. The van der Waals surface area contributed by atoms with Crippen molar-refractivity contribution in [2.24, 2.45) is 0 Å². The Labute approximate surface area is 116 Å². The molecule has 0 unspecified atom stereocenters. The summed E-state index contributed by atoms with van der Waals surface area (Å²) < 4.78 is 4.77. The van der Waals surface area contributed by atoms with Crippen LogP contribution in [0.3, 0.4) is 0 Å². The number of hydrogen-bond acceptors (Lipinski definition) is 7. The third-order valence-electron chi connectivity index (χ3n) is 2.41. The molecular formula is C12H11BN4O3. The first kappa shape index (κ1) is 15.3. The molecule has 0 fully saturated rings. The van der Waals surface area contributed by atoms with Gasteiger partial charge in [-0.15, -0.1) is 0 Å². The predicted molar refractivity (Wildman–Crippen MR) is 73.0 cm³/mol. The van der Waals surface area contributed by atoms with Crippen LogP contribution in [-0.2, 0) is 4.74 Å². The highest BCUT2D eigenvalue weighted by Crippen LogP contribution is 2.11. The molecule has 0 aromatic heterocycles. The van der Waals surface area contributed by atoms with Crippen molar-refractivity contribution in [2.45, 2.75) is 0 Å². The normalized spacial score (nSPS) is 8.85. The predicted octanol–water partition coefficient (Wildman–Crippen LogP) is -0.319. The highest BCUT2D eigenvalue weighted by Gasteiger charge is 2.17. The summed E-state index contributed by atoms with van der Waals surface area (Å²) in [6.07, 6.45) is 1.14. The molecule has 1 rings (SSSR count). The van der Waals surface area contributed by atoms with Crippen LogP contribution in [0.25, 0.3) is 0 Å². The minimum Gasteiger partial charge on any atom is -0.481 e. The fourth-order valence-electron chi connectivity index (χ4n) is 1.40. The average Bonchev–Trinajstić information content (AvgIpc) is 2.47. The number of benzene rings is 1. The molecule has 0 saturated heterocycles. The topological polar surface area (TPSA) is 133 Å². The van der Waals surface area contributed by atoms with Crippen LogP contribution in [0.4, 0.5) is 5.69 Å². The molecule has 0 aliphatic heterocycles. The van der Waals surface area contributed by atoms with Crippen LogP contribution in [0.2, 0.25) is 0 Å². The Bertz CT molecular complexity index is 613. The van der Waals surface area contributed by atoms with Gasteiger partial charge in [0.1, 0.15) is 17.7 Å². The zero-order chi connectivity index (χ0) is 15.1. The molecule has 100 valence electrons. The van der Waals surface area contributed by atoms with Crippen LogP contribution in [0, 0.1) is 28.1 Å². The molecule has 0 aliphatic rings. The lowest BCUT2D eigenvalue weighted by Crippen LogP contribution is -2.32. The van der Waals surface area contributed by atoms with Gasteiger partial charge in [-0.25, -0.2) is 0 Å². The van der Waals surface area contributed by atoms with Gasteiger partial charge in [-0.2, -0.15) is 10.5 Å². The third kappa shape index (κ3) is 3.59. The third-order valence-corrected chi connectivity index (χ3v) is 2.41. The van der Waals surface area contributed by atoms with Crippen molar-refractivity contribution in [2.75, 3.05) is 12.4 Å². The summed E-state index contributed by atoms with van der Waals surface area (Å²) in [5.74, 6) is -0.100. The van der Waals surface area contributed by atoms with Crippen molar-refractivity contribution in [1.29, 1.82) is 15.9 Å². The maximum absolute atomic E-state index is 9.25. The molecule has 0 atom stereocenters. The van der Waals surface area contributed by atoms with Gasteiger partial charge in [0.15, 0.2) is 0 Å². The number of nitrogens with zero attached hydrogens (tertiary/aromatic N) is 2. The van der Waals surface area contributed by atoms with Gasteiger partial charge in [0.2, 0.25) is 5.90 Å². The summed E-state index contributed by atoms with van der Waals surface area (Å²) in [6.45, 7) is 0. The standard InChI is InChI=1S/C12H11BN4O3/c1-20-12(16)9-2-3-10(13(18)19)11(4-9)17-7-8(5-14)6-15/h2-4,7,16-19H,1H3. The van der Waals surface area contributed by atoms with Crippen LogP contribution < -0.4 is 10.8 Å². The number of hydrogen-bond donors (Lipinski definition) is 4. The van der Waals surface area contributed by atoms with Crippen molar-refractivity contribution in [1.82, 2.24) is 0 Å². The van der Waals surface area contributed by atoms with E-state index in [0.29, 0.717) is 5.56 Å². The molecule has 1 aromatic rings. The molecule has 4 N–H and O–H groups in total. The Morgan fingerprint density at radius 1 is 1.40 bits per heavy atom. The molecule has 0 radical (unpaired) electrons. The first-order valence-corrected chi connectivity index (χ1v) is 5.43. The zero-order valence-electron chi connectivity index (χ0n) is 10.6. The summed E-state index contributed by atoms with van der Waals surface area (Å²) in [5.41, 5.74) is 0.630. The van der Waals surface area contributed by atoms with Gasteiger partial charge in [-0.1, -0.05) is 6.07 Å². The van der Waals surface area contributed by atoms with Crippen molar-refractivity contribution in [3.05, 3.63) is 35.5 Å². The molecule has 7 nitrogen and oxygen atoms in total. The van der Waals surface area contributed by atoms with Gasteiger partial charge in [-0.3, -0.25) is 5.41 Å². The molecule has 0 heterocycles. The summed E-state index contributed by atoms with van der Waals surface area (Å²) in [5, 5.41) is 45.9. The zero-order valence-corrected chi connectivity index (χ0v) is 10.6. The lowest BCUT2D eigenvalue weighted by molar-refractivity contribution is 0.401. The van der Waals surface area contributed by atoms with Crippen LogP contribution >= 0.6 is 0 Å². The highest BCUT2D eigenvalue weighted by atomic mass is 16.5.